The molecule has 0 saturated heterocycles. The summed E-state index contributed by atoms with van der Waals surface area (Å²) < 4.78 is 5.02. The van der Waals surface area contributed by atoms with E-state index in [0.717, 1.165) is 24.3 Å². The lowest BCUT2D eigenvalue weighted by molar-refractivity contribution is 0.0519. The van der Waals surface area contributed by atoms with Crippen LogP contribution in [0.1, 0.15) is 50.2 Å². The number of carbonyl (C=O) groups excluding carboxylic acids is 1. The number of anilines is 1. The van der Waals surface area contributed by atoms with E-state index in [4.69, 9.17) is 4.74 Å². The number of nitrogens with zero attached hydrogens (tertiary/aromatic N) is 2. The molecule has 4 heteroatoms. The molecule has 0 saturated carbocycles. The van der Waals surface area contributed by atoms with Crippen molar-refractivity contribution >= 4 is 11.8 Å². The van der Waals surface area contributed by atoms with E-state index in [1.807, 2.05) is 13.0 Å². The van der Waals surface area contributed by atoms with Gasteiger partial charge in [0.1, 0.15) is 5.82 Å². The monoisotopic (exact) mass is 264 g/mol. The van der Waals surface area contributed by atoms with Crippen LogP contribution in [0, 0.1) is 6.92 Å². The van der Waals surface area contributed by atoms with Crippen molar-refractivity contribution in [2.45, 2.75) is 47.1 Å². The molecule has 0 N–H and O–H groups in total. The van der Waals surface area contributed by atoms with Crippen LogP contribution in [0.15, 0.2) is 12.1 Å². The molecule has 0 unspecified atom stereocenters. The number of carbonyl (C=O) groups is 1. The number of pyridine rings is 1. The lowest BCUT2D eigenvalue weighted by Crippen LogP contribution is -2.32. The first-order valence-electron chi connectivity index (χ1n) is 6.92. The zero-order chi connectivity index (χ0) is 14.4. The normalized spacial score (nSPS) is 10.6. The first-order chi connectivity index (χ1) is 8.99. The van der Waals surface area contributed by atoms with Gasteiger partial charge in [0, 0.05) is 12.6 Å². The second-order valence-electron chi connectivity index (χ2n) is 4.90. The second kappa shape index (κ2) is 7.12. The van der Waals surface area contributed by atoms with E-state index >= 15 is 0 Å². The van der Waals surface area contributed by atoms with Gasteiger partial charge in [0.2, 0.25) is 0 Å². The lowest BCUT2D eigenvalue weighted by atomic mass is 10.2. The van der Waals surface area contributed by atoms with E-state index in [-0.39, 0.29) is 5.97 Å². The molecule has 0 aromatic carbocycles. The van der Waals surface area contributed by atoms with Gasteiger partial charge in [0.25, 0.3) is 0 Å². The van der Waals surface area contributed by atoms with Gasteiger partial charge in [0.15, 0.2) is 5.69 Å². The van der Waals surface area contributed by atoms with Gasteiger partial charge in [-0.15, -0.1) is 0 Å². The highest BCUT2D eigenvalue weighted by atomic mass is 16.5. The Balaban J connectivity index is 3.10. The maximum absolute atomic E-state index is 11.8. The van der Waals surface area contributed by atoms with Gasteiger partial charge in [0.05, 0.1) is 6.61 Å². The fourth-order valence-electron chi connectivity index (χ4n) is 1.98. The molecule has 19 heavy (non-hydrogen) atoms. The number of hydrogen-bond donors (Lipinski definition) is 0. The molecule has 0 aliphatic rings. The van der Waals surface area contributed by atoms with Gasteiger partial charge >= 0.3 is 5.97 Å². The predicted octanol–water partition coefficient (Wildman–Crippen LogP) is 3.19. The van der Waals surface area contributed by atoms with Crippen molar-refractivity contribution in [3.05, 3.63) is 23.4 Å². The van der Waals surface area contributed by atoms with Crippen LogP contribution < -0.4 is 4.90 Å². The van der Waals surface area contributed by atoms with Crippen LogP contribution >= 0.6 is 0 Å². The minimum absolute atomic E-state index is 0.351. The summed E-state index contributed by atoms with van der Waals surface area (Å²) in [5.41, 5.74) is 1.41. The summed E-state index contributed by atoms with van der Waals surface area (Å²) >= 11 is 0. The van der Waals surface area contributed by atoms with Crippen molar-refractivity contribution in [3.63, 3.8) is 0 Å². The number of aryl methyl sites for hydroxylation is 1. The molecule has 0 fully saturated rings. The van der Waals surface area contributed by atoms with Gasteiger partial charge in [-0.05, 0) is 51.8 Å². The van der Waals surface area contributed by atoms with E-state index in [1.54, 1.807) is 13.0 Å². The molecule has 4 nitrogen and oxygen atoms in total. The third-order valence-corrected chi connectivity index (χ3v) is 2.82. The first kappa shape index (κ1) is 15.5. The predicted molar refractivity (Wildman–Crippen MR) is 77.7 cm³/mol. The Morgan fingerprint density at radius 1 is 1.37 bits per heavy atom. The van der Waals surface area contributed by atoms with Gasteiger partial charge in [-0.25, -0.2) is 9.78 Å². The van der Waals surface area contributed by atoms with E-state index in [2.05, 4.69) is 30.7 Å². The summed E-state index contributed by atoms with van der Waals surface area (Å²) in [6.45, 7) is 11.5. The third-order valence-electron chi connectivity index (χ3n) is 2.82. The maximum Gasteiger partial charge on any atom is 0.357 e. The number of esters is 1. The summed E-state index contributed by atoms with van der Waals surface area (Å²) in [7, 11) is 0. The Morgan fingerprint density at radius 2 is 2.05 bits per heavy atom. The van der Waals surface area contributed by atoms with E-state index < -0.39 is 0 Å². The molecular weight excluding hydrogens is 240 g/mol. The minimum atomic E-state index is -0.354. The average Bonchev–Trinajstić information content (AvgIpc) is 2.35. The Kier molecular flexibility index (Phi) is 5.80. The molecule has 0 aliphatic carbocycles. The van der Waals surface area contributed by atoms with Crippen molar-refractivity contribution in [3.8, 4) is 0 Å². The molecule has 1 aromatic heterocycles. The highest BCUT2D eigenvalue weighted by Crippen LogP contribution is 2.18. The number of hydrogen-bond acceptors (Lipinski definition) is 4. The first-order valence-corrected chi connectivity index (χ1v) is 6.92. The van der Waals surface area contributed by atoms with Crippen LogP contribution in [0.3, 0.4) is 0 Å². The van der Waals surface area contributed by atoms with Gasteiger partial charge in [-0.1, -0.05) is 6.92 Å². The number of rotatable bonds is 6. The summed E-state index contributed by atoms with van der Waals surface area (Å²) in [6.07, 6.45) is 1.04. The maximum atomic E-state index is 11.8. The fourth-order valence-corrected chi connectivity index (χ4v) is 1.98. The Bertz CT molecular complexity index is 430. The molecule has 0 radical (unpaired) electrons. The van der Waals surface area contributed by atoms with Crippen LogP contribution in [0.4, 0.5) is 5.82 Å². The van der Waals surface area contributed by atoms with E-state index in [0.29, 0.717) is 18.3 Å². The standard InChI is InChI=1S/C15H24N2O2/c1-6-8-17(11(3)4)14-10-12(5)9-13(16-14)15(18)19-7-2/h9-11H,6-8H2,1-5H3. The van der Waals surface area contributed by atoms with Crippen LogP contribution in [-0.2, 0) is 4.74 Å². The van der Waals surface area contributed by atoms with Crippen molar-refractivity contribution in [1.82, 2.24) is 4.98 Å². The van der Waals surface area contributed by atoms with Crippen molar-refractivity contribution < 1.29 is 9.53 Å². The van der Waals surface area contributed by atoms with E-state index in [9.17, 15) is 4.79 Å². The molecule has 1 rings (SSSR count). The molecule has 106 valence electrons. The Hall–Kier alpha value is -1.58. The second-order valence-corrected chi connectivity index (χ2v) is 4.90. The lowest BCUT2D eigenvalue weighted by Gasteiger charge is -2.28. The molecule has 1 heterocycles. The van der Waals surface area contributed by atoms with Crippen LogP contribution in [-0.4, -0.2) is 30.1 Å². The zero-order valence-electron chi connectivity index (χ0n) is 12.6. The quantitative estimate of drug-likeness (QED) is 0.740. The number of ether oxygens (including phenoxy) is 1. The topological polar surface area (TPSA) is 42.4 Å². The Labute approximate surface area is 115 Å². The summed E-state index contributed by atoms with van der Waals surface area (Å²) in [5.74, 6) is 0.493. The van der Waals surface area contributed by atoms with Crippen LogP contribution in [0.2, 0.25) is 0 Å². The van der Waals surface area contributed by atoms with Crippen LogP contribution in [0.25, 0.3) is 0 Å². The molecule has 0 spiro atoms. The molecule has 0 atom stereocenters. The molecular formula is C15H24N2O2. The molecule has 0 bridgehead atoms. The molecule has 0 amide bonds. The van der Waals surface area contributed by atoms with Gasteiger partial charge in [-0.3, -0.25) is 0 Å². The SMILES string of the molecule is CCCN(c1cc(C)cc(C(=O)OCC)n1)C(C)C. The van der Waals surface area contributed by atoms with Crippen molar-refractivity contribution in [1.29, 1.82) is 0 Å². The summed E-state index contributed by atoms with van der Waals surface area (Å²) in [6, 6.07) is 4.13. The largest absolute Gasteiger partial charge is 0.461 e. The summed E-state index contributed by atoms with van der Waals surface area (Å²) in [5, 5.41) is 0. The van der Waals surface area contributed by atoms with E-state index in [1.165, 1.54) is 0 Å². The zero-order valence-corrected chi connectivity index (χ0v) is 12.6. The highest BCUT2D eigenvalue weighted by molar-refractivity contribution is 5.88. The minimum Gasteiger partial charge on any atom is -0.461 e. The smallest absolute Gasteiger partial charge is 0.357 e. The molecule has 1 aromatic rings. The van der Waals surface area contributed by atoms with Gasteiger partial charge in [-0.2, -0.15) is 0 Å². The fraction of sp³-hybridized carbons (Fsp3) is 0.600. The average molecular weight is 264 g/mol. The molecule has 0 aliphatic heterocycles. The number of aromatic nitrogens is 1. The van der Waals surface area contributed by atoms with Crippen molar-refractivity contribution in [2.24, 2.45) is 0 Å². The third kappa shape index (κ3) is 4.23. The Morgan fingerprint density at radius 3 is 2.58 bits per heavy atom. The van der Waals surface area contributed by atoms with Gasteiger partial charge < -0.3 is 9.64 Å². The highest BCUT2D eigenvalue weighted by Gasteiger charge is 2.15. The summed E-state index contributed by atoms with van der Waals surface area (Å²) in [4.78, 5) is 18.4. The van der Waals surface area contributed by atoms with Crippen molar-refractivity contribution in [2.75, 3.05) is 18.1 Å². The van der Waals surface area contributed by atoms with Crippen LogP contribution in [0.5, 0.6) is 0 Å².